The second-order valence-corrected chi connectivity index (χ2v) is 14.9. The van der Waals surface area contributed by atoms with E-state index in [9.17, 15) is 14.2 Å². The van der Waals surface area contributed by atoms with Crippen molar-refractivity contribution in [3.05, 3.63) is 12.2 Å². The van der Waals surface area contributed by atoms with Crippen molar-refractivity contribution in [2.45, 2.75) is 213 Å². The smallest absolute Gasteiger partial charge is 0.462 e. The lowest BCUT2D eigenvalue weighted by Gasteiger charge is -2.18. The maximum Gasteiger partial charge on any atom is 0.469 e. The Morgan fingerprint density at radius 3 is 1.27 bits per heavy atom. The summed E-state index contributed by atoms with van der Waals surface area (Å²) < 4.78 is 26.3. The van der Waals surface area contributed by atoms with E-state index < -0.39 is 32.5 Å². The zero-order valence-electron chi connectivity index (χ0n) is 31.2. The van der Waals surface area contributed by atoms with E-state index in [1.165, 1.54) is 135 Å². The molecule has 0 aromatic heterocycles. The van der Waals surface area contributed by atoms with E-state index in [0.29, 0.717) is 6.42 Å². The van der Waals surface area contributed by atoms with Crippen molar-refractivity contribution in [3.8, 4) is 0 Å². The van der Waals surface area contributed by atoms with Gasteiger partial charge in [-0.2, -0.15) is 0 Å². The molecule has 9 heteroatoms. The molecule has 48 heavy (non-hydrogen) atoms. The summed E-state index contributed by atoms with van der Waals surface area (Å²) in [5, 5.41) is 0. The molecule has 0 bridgehead atoms. The Kier molecular flexibility index (Phi) is 34.7. The molecule has 0 radical (unpaired) electrons. The third-order valence-corrected chi connectivity index (χ3v) is 9.27. The summed E-state index contributed by atoms with van der Waals surface area (Å²) in [6.07, 6.45) is 37.9. The van der Waals surface area contributed by atoms with E-state index in [0.717, 1.165) is 38.5 Å². The van der Waals surface area contributed by atoms with Gasteiger partial charge < -0.3 is 19.3 Å². The van der Waals surface area contributed by atoms with Crippen LogP contribution >= 0.6 is 7.82 Å². The van der Waals surface area contributed by atoms with E-state index in [1.807, 2.05) is 0 Å². The second-order valence-electron chi connectivity index (χ2n) is 13.6. The molecule has 284 valence electrons. The highest BCUT2D eigenvalue weighted by molar-refractivity contribution is 7.46. The highest BCUT2D eigenvalue weighted by Gasteiger charge is 2.22. The Balaban J connectivity index is 3.88. The van der Waals surface area contributed by atoms with Crippen molar-refractivity contribution >= 4 is 19.8 Å². The van der Waals surface area contributed by atoms with E-state index in [1.54, 1.807) is 0 Å². The predicted molar refractivity (Wildman–Crippen MR) is 198 cm³/mol. The first kappa shape index (κ1) is 46.8. The zero-order valence-corrected chi connectivity index (χ0v) is 32.0. The fourth-order valence-corrected chi connectivity index (χ4v) is 6.14. The van der Waals surface area contributed by atoms with E-state index >= 15 is 0 Å². The summed E-state index contributed by atoms with van der Waals surface area (Å²) >= 11 is 0. The van der Waals surface area contributed by atoms with Crippen molar-refractivity contribution in [2.75, 3.05) is 13.2 Å². The number of carbonyl (C=O) groups excluding carboxylic acids is 2. The van der Waals surface area contributed by atoms with Crippen LogP contribution in [-0.4, -0.2) is 41.0 Å². The Morgan fingerprint density at radius 2 is 0.875 bits per heavy atom. The molecule has 0 saturated carbocycles. The highest BCUT2D eigenvalue weighted by atomic mass is 31.2. The number of allylic oxidation sites excluding steroid dienone is 2. The molecule has 1 atom stereocenters. The predicted octanol–water partition coefficient (Wildman–Crippen LogP) is 11.8. The molecule has 0 fully saturated rings. The molecular weight excluding hydrogens is 627 g/mol. The van der Waals surface area contributed by atoms with Crippen LogP contribution in [0.5, 0.6) is 0 Å². The minimum Gasteiger partial charge on any atom is -0.462 e. The lowest BCUT2D eigenvalue weighted by molar-refractivity contribution is -0.161. The molecule has 0 saturated heterocycles. The third kappa shape index (κ3) is 37.6. The van der Waals surface area contributed by atoms with Gasteiger partial charge in [-0.1, -0.05) is 167 Å². The van der Waals surface area contributed by atoms with Crippen LogP contribution in [0, 0.1) is 0 Å². The molecule has 0 aliphatic heterocycles. The quantitative estimate of drug-likeness (QED) is 0.0284. The molecule has 0 rings (SSSR count). The summed E-state index contributed by atoms with van der Waals surface area (Å²) in [7, 11) is -4.74. The molecule has 0 spiro atoms. The Morgan fingerprint density at radius 1 is 0.521 bits per heavy atom. The van der Waals surface area contributed by atoms with Gasteiger partial charge in [0.25, 0.3) is 0 Å². The first-order valence-corrected chi connectivity index (χ1v) is 21.5. The summed E-state index contributed by atoms with van der Waals surface area (Å²) in [5.41, 5.74) is 0. The van der Waals surface area contributed by atoms with E-state index in [2.05, 4.69) is 30.5 Å². The minimum absolute atomic E-state index is 0.214. The normalized spacial score (nSPS) is 12.5. The van der Waals surface area contributed by atoms with Gasteiger partial charge in [0.05, 0.1) is 6.61 Å². The molecular formula is C39H75O8P. The number of phosphoric ester groups is 1. The topological polar surface area (TPSA) is 119 Å². The number of rotatable bonds is 37. The largest absolute Gasteiger partial charge is 0.469 e. The van der Waals surface area contributed by atoms with E-state index in [4.69, 9.17) is 19.3 Å². The lowest BCUT2D eigenvalue weighted by atomic mass is 10.1. The summed E-state index contributed by atoms with van der Waals surface area (Å²) in [4.78, 5) is 42.7. The number of hydrogen-bond acceptors (Lipinski definition) is 6. The van der Waals surface area contributed by atoms with Crippen LogP contribution in [0.4, 0.5) is 0 Å². The first-order chi connectivity index (χ1) is 23.3. The number of unbranched alkanes of at least 4 members (excludes halogenated alkanes) is 25. The molecule has 2 N–H and O–H groups in total. The molecule has 0 amide bonds. The number of hydrogen-bond donors (Lipinski definition) is 2. The SMILES string of the molecule is CCCCCCCC/C=C\CCCCCCCCCCCC(=O)O[C@H](COC(=O)CCCCCCCCCCCCC)COP(=O)(O)O. The van der Waals surface area contributed by atoms with Crippen molar-refractivity contribution < 1.29 is 37.9 Å². The Hall–Kier alpha value is -1.21. The fraction of sp³-hybridized carbons (Fsp3) is 0.897. The molecule has 0 aromatic carbocycles. The van der Waals surface area contributed by atoms with Crippen LogP contribution in [0.15, 0.2) is 12.2 Å². The van der Waals surface area contributed by atoms with Crippen molar-refractivity contribution in [2.24, 2.45) is 0 Å². The zero-order chi connectivity index (χ0) is 35.4. The van der Waals surface area contributed by atoms with Crippen molar-refractivity contribution in [1.29, 1.82) is 0 Å². The van der Waals surface area contributed by atoms with Gasteiger partial charge in [-0.25, -0.2) is 4.57 Å². The van der Waals surface area contributed by atoms with Crippen LogP contribution in [0.2, 0.25) is 0 Å². The van der Waals surface area contributed by atoms with Crippen LogP contribution in [0.3, 0.4) is 0 Å². The molecule has 0 aliphatic carbocycles. The average Bonchev–Trinajstić information content (AvgIpc) is 3.05. The fourth-order valence-electron chi connectivity index (χ4n) is 5.78. The number of esters is 2. The maximum atomic E-state index is 12.4. The second kappa shape index (κ2) is 35.6. The number of ether oxygens (including phenoxy) is 2. The standard InChI is InChI=1S/C39H75O8P/c1-3-5-7-9-11-13-15-16-17-18-19-20-21-22-24-26-28-30-32-34-39(41)47-37(36-46-48(42,43)44)35-45-38(40)33-31-29-27-25-23-14-12-10-8-6-4-2/h16-17,37H,3-15,18-36H2,1-2H3,(H2,42,43,44)/b17-16-/t37-/m1/s1. The van der Waals surface area contributed by atoms with Gasteiger partial charge in [0.1, 0.15) is 6.61 Å². The molecule has 0 heterocycles. The number of phosphoric acid groups is 1. The van der Waals surface area contributed by atoms with Crippen LogP contribution < -0.4 is 0 Å². The van der Waals surface area contributed by atoms with Gasteiger partial charge in [-0.15, -0.1) is 0 Å². The van der Waals surface area contributed by atoms with Crippen LogP contribution in [0.25, 0.3) is 0 Å². The van der Waals surface area contributed by atoms with E-state index in [-0.39, 0.29) is 19.4 Å². The summed E-state index contributed by atoms with van der Waals surface area (Å²) in [6.45, 7) is 3.68. The first-order valence-electron chi connectivity index (χ1n) is 20.0. The monoisotopic (exact) mass is 703 g/mol. The van der Waals surface area contributed by atoms with Gasteiger partial charge in [-0.05, 0) is 38.5 Å². The van der Waals surface area contributed by atoms with Gasteiger partial charge >= 0.3 is 19.8 Å². The average molecular weight is 703 g/mol. The summed E-state index contributed by atoms with van der Waals surface area (Å²) in [6, 6.07) is 0. The Labute approximate surface area is 295 Å². The highest BCUT2D eigenvalue weighted by Crippen LogP contribution is 2.36. The molecule has 8 nitrogen and oxygen atoms in total. The van der Waals surface area contributed by atoms with Crippen molar-refractivity contribution in [3.63, 3.8) is 0 Å². The van der Waals surface area contributed by atoms with Gasteiger partial charge in [0.15, 0.2) is 6.10 Å². The molecule has 0 unspecified atom stereocenters. The molecule has 0 aliphatic rings. The third-order valence-electron chi connectivity index (χ3n) is 8.78. The summed E-state index contributed by atoms with van der Waals surface area (Å²) in [5.74, 6) is -0.879. The van der Waals surface area contributed by atoms with Crippen LogP contribution in [-0.2, 0) is 28.2 Å². The lowest BCUT2D eigenvalue weighted by Crippen LogP contribution is -2.29. The van der Waals surface area contributed by atoms with Gasteiger partial charge in [-0.3, -0.25) is 14.1 Å². The number of carbonyl (C=O) groups is 2. The Bertz CT molecular complexity index is 797. The minimum atomic E-state index is -4.74. The van der Waals surface area contributed by atoms with Gasteiger partial charge in [0.2, 0.25) is 0 Å². The van der Waals surface area contributed by atoms with Gasteiger partial charge in [0, 0.05) is 12.8 Å². The van der Waals surface area contributed by atoms with Crippen LogP contribution in [0.1, 0.15) is 206 Å². The van der Waals surface area contributed by atoms with Crippen molar-refractivity contribution in [1.82, 2.24) is 0 Å². The molecule has 0 aromatic rings. The maximum absolute atomic E-state index is 12.4.